The molecule has 2 N–H and O–H groups in total. The minimum atomic E-state index is -0.520. The average Bonchev–Trinajstić information content (AvgIpc) is 2.86. The molecule has 3 rings (SSSR count). The van der Waals surface area contributed by atoms with Crippen LogP contribution in [0.25, 0.3) is 0 Å². The predicted molar refractivity (Wildman–Crippen MR) is 69.4 cm³/mol. The van der Waals surface area contributed by atoms with E-state index in [-0.39, 0.29) is 0 Å². The summed E-state index contributed by atoms with van der Waals surface area (Å²) in [6, 6.07) is 3.80. The Balaban J connectivity index is 1.88. The van der Waals surface area contributed by atoms with E-state index >= 15 is 0 Å². The van der Waals surface area contributed by atoms with E-state index in [2.05, 4.69) is 11.1 Å². The molecule has 0 radical (unpaired) electrons. The van der Waals surface area contributed by atoms with E-state index < -0.39 is 5.79 Å². The first kappa shape index (κ1) is 12.2. The molecule has 6 nitrogen and oxygen atoms in total. The third-order valence-corrected chi connectivity index (χ3v) is 3.54. The molecule has 0 bridgehead atoms. The number of hydrogen-bond acceptors (Lipinski definition) is 6. The Kier molecular flexibility index (Phi) is 3.01. The first-order chi connectivity index (χ1) is 9.22. The van der Waals surface area contributed by atoms with Crippen LogP contribution in [0.5, 0.6) is 0 Å². The van der Waals surface area contributed by atoms with E-state index in [9.17, 15) is 5.26 Å². The summed E-state index contributed by atoms with van der Waals surface area (Å²) in [5.74, 6) is 0.142. The van der Waals surface area contributed by atoms with Gasteiger partial charge in [0.05, 0.1) is 37.2 Å². The van der Waals surface area contributed by atoms with Crippen LogP contribution >= 0.6 is 0 Å². The van der Waals surface area contributed by atoms with Crippen LogP contribution in [0.1, 0.15) is 18.4 Å². The molecular formula is C13H16N4O2. The summed E-state index contributed by atoms with van der Waals surface area (Å²) in [5.41, 5.74) is 6.66. The maximum atomic E-state index is 9.20. The van der Waals surface area contributed by atoms with Crippen molar-refractivity contribution in [3.63, 3.8) is 0 Å². The van der Waals surface area contributed by atoms with Gasteiger partial charge in [0.1, 0.15) is 11.9 Å². The number of nitrogens with two attached hydrogens (primary N) is 1. The fourth-order valence-corrected chi connectivity index (χ4v) is 2.71. The molecule has 1 aromatic heterocycles. The molecule has 2 fully saturated rings. The summed E-state index contributed by atoms with van der Waals surface area (Å²) in [6.45, 7) is 2.72. The van der Waals surface area contributed by atoms with Gasteiger partial charge in [-0.05, 0) is 12.5 Å². The van der Waals surface area contributed by atoms with Gasteiger partial charge in [-0.3, -0.25) is 0 Å². The zero-order valence-electron chi connectivity index (χ0n) is 10.6. The minimum absolute atomic E-state index is 0.495. The van der Waals surface area contributed by atoms with Crippen LogP contribution in [0.2, 0.25) is 0 Å². The van der Waals surface area contributed by atoms with E-state index in [4.69, 9.17) is 15.2 Å². The van der Waals surface area contributed by atoms with Gasteiger partial charge in [0, 0.05) is 13.0 Å². The lowest BCUT2D eigenvalue weighted by molar-refractivity contribution is -0.161. The maximum Gasteiger partial charge on any atom is 0.186 e. The van der Waals surface area contributed by atoms with Crippen molar-refractivity contribution in [3.8, 4) is 6.07 Å². The second-order valence-corrected chi connectivity index (χ2v) is 4.88. The largest absolute Gasteiger partial charge is 0.397 e. The van der Waals surface area contributed by atoms with Crippen molar-refractivity contribution in [2.45, 2.75) is 18.6 Å². The van der Waals surface area contributed by atoms with Crippen LogP contribution < -0.4 is 10.6 Å². The summed E-state index contributed by atoms with van der Waals surface area (Å²) in [5, 5.41) is 9.20. The smallest absolute Gasteiger partial charge is 0.186 e. The monoisotopic (exact) mass is 260 g/mol. The van der Waals surface area contributed by atoms with Gasteiger partial charge >= 0.3 is 0 Å². The van der Waals surface area contributed by atoms with Gasteiger partial charge in [-0.25, -0.2) is 4.98 Å². The first-order valence-corrected chi connectivity index (χ1v) is 6.41. The van der Waals surface area contributed by atoms with Crippen LogP contribution in [0.15, 0.2) is 12.3 Å². The highest BCUT2D eigenvalue weighted by Crippen LogP contribution is 2.33. The van der Waals surface area contributed by atoms with Crippen molar-refractivity contribution in [1.29, 1.82) is 5.26 Å². The molecule has 3 heterocycles. The topological polar surface area (TPSA) is 84.4 Å². The molecule has 0 aliphatic carbocycles. The average molecular weight is 260 g/mol. The van der Waals surface area contributed by atoms with Crippen LogP contribution in [0.4, 0.5) is 11.5 Å². The molecular weight excluding hydrogens is 244 g/mol. The van der Waals surface area contributed by atoms with Crippen LogP contribution in [0, 0.1) is 11.3 Å². The fourth-order valence-electron chi connectivity index (χ4n) is 2.71. The summed E-state index contributed by atoms with van der Waals surface area (Å²) in [4.78, 5) is 6.34. The Hall–Kier alpha value is -1.84. The number of ether oxygens (including phenoxy) is 2. The van der Waals surface area contributed by atoms with E-state index in [0.29, 0.717) is 36.8 Å². The number of nitrogens with zero attached hydrogens (tertiary/aromatic N) is 3. The Morgan fingerprint density at radius 3 is 2.95 bits per heavy atom. The Bertz CT molecular complexity index is 520. The maximum absolute atomic E-state index is 9.20. The molecule has 2 aliphatic heterocycles. The zero-order chi connectivity index (χ0) is 13.3. The first-order valence-electron chi connectivity index (χ1n) is 6.41. The number of hydrogen-bond donors (Lipinski definition) is 1. The molecule has 1 spiro atoms. The van der Waals surface area contributed by atoms with E-state index in [1.54, 1.807) is 12.3 Å². The summed E-state index contributed by atoms with van der Waals surface area (Å²) in [7, 11) is 0. The number of piperidine rings is 1. The SMILES string of the molecule is N#Cc1cc(N)cnc1N1CCCC2(C1)OCCO2. The molecule has 1 aromatic rings. The van der Waals surface area contributed by atoms with Crippen molar-refractivity contribution < 1.29 is 9.47 Å². The second kappa shape index (κ2) is 4.68. The van der Waals surface area contributed by atoms with Gasteiger partial charge in [-0.15, -0.1) is 0 Å². The number of anilines is 2. The normalized spacial score (nSPS) is 21.5. The van der Waals surface area contributed by atoms with Crippen LogP contribution in [0.3, 0.4) is 0 Å². The molecule has 0 saturated carbocycles. The van der Waals surface area contributed by atoms with Crippen LogP contribution in [-0.4, -0.2) is 37.1 Å². The van der Waals surface area contributed by atoms with Gasteiger partial charge in [-0.1, -0.05) is 0 Å². The van der Waals surface area contributed by atoms with Gasteiger partial charge in [0.15, 0.2) is 5.79 Å². The van der Waals surface area contributed by atoms with E-state index in [1.165, 1.54) is 0 Å². The quantitative estimate of drug-likeness (QED) is 0.806. The zero-order valence-corrected chi connectivity index (χ0v) is 10.6. The molecule has 2 aliphatic rings. The van der Waals surface area contributed by atoms with Crippen molar-refractivity contribution in [2.75, 3.05) is 36.9 Å². The standard InChI is InChI=1S/C13H16N4O2/c14-7-10-6-11(15)8-16-12(10)17-3-1-2-13(9-17)18-4-5-19-13/h6,8H,1-5,9,15H2. The fraction of sp³-hybridized carbons (Fsp3) is 0.538. The van der Waals surface area contributed by atoms with Gasteiger partial charge in [-0.2, -0.15) is 5.26 Å². The predicted octanol–water partition coefficient (Wildman–Crippen LogP) is 0.879. The highest BCUT2D eigenvalue weighted by atomic mass is 16.7. The summed E-state index contributed by atoms with van der Waals surface area (Å²) in [6.07, 6.45) is 3.42. The number of nitriles is 1. The van der Waals surface area contributed by atoms with E-state index in [0.717, 1.165) is 19.4 Å². The third-order valence-electron chi connectivity index (χ3n) is 3.54. The number of aromatic nitrogens is 1. The highest BCUT2D eigenvalue weighted by molar-refractivity contribution is 5.59. The number of pyridine rings is 1. The Labute approximate surface area is 111 Å². The Morgan fingerprint density at radius 2 is 2.21 bits per heavy atom. The second-order valence-electron chi connectivity index (χ2n) is 4.88. The molecule has 100 valence electrons. The number of rotatable bonds is 1. The lowest BCUT2D eigenvalue weighted by atomic mass is 10.0. The molecule has 0 atom stereocenters. The lowest BCUT2D eigenvalue weighted by Gasteiger charge is -2.39. The Morgan fingerprint density at radius 1 is 1.42 bits per heavy atom. The van der Waals surface area contributed by atoms with Gasteiger partial charge in [0.25, 0.3) is 0 Å². The molecule has 0 unspecified atom stereocenters. The van der Waals surface area contributed by atoms with Crippen LogP contribution in [-0.2, 0) is 9.47 Å². The van der Waals surface area contributed by atoms with Crippen molar-refractivity contribution >= 4 is 11.5 Å². The molecule has 0 amide bonds. The van der Waals surface area contributed by atoms with Gasteiger partial charge < -0.3 is 20.1 Å². The third kappa shape index (κ3) is 2.23. The highest BCUT2D eigenvalue weighted by Gasteiger charge is 2.41. The molecule has 0 aromatic carbocycles. The van der Waals surface area contributed by atoms with Crippen molar-refractivity contribution in [3.05, 3.63) is 17.8 Å². The minimum Gasteiger partial charge on any atom is -0.397 e. The molecule has 2 saturated heterocycles. The van der Waals surface area contributed by atoms with Crippen molar-refractivity contribution in [1.82, 2.24) is 4.98 Å². The van der Waals surface area contributed by atoms with Crippen molar-refractivity contribution in [2.24, 2.45) is 0 Å². The molecule has 19 heavy (non-hydrogen) atoms. The summed E-state index contributed by atoms with van der Waals surface area (Å²) < 4.78 is 11.5. The summed E-state index contributed by atoms with van der Waals surface area (Å²) >= 11 is 0. The van der Waals surface area contributed by atoms with Gasteiger partial charge in [0.2, 0.25) is 0 Å². The lowest BCUT2D eigenvalue weighted by Crippen LogP contribution is -2.49. The molecule has 6 heteroatoms. The van der Waals surface area contributed by atoms with E-state index in [1.807, 2.05) is 4.90 Å². The number of nitrogen functional groups attached to an aromatic ring is 1.